The highest BCUT2D eigenvalue weighted by atomic mass is 16.5. The molecule has 132 valence electrons. The number of nitrogens with zero attached hydrogens (tertiary/aromatic N) is 1. The van der Waals surface area contributed by atoms with Gasteiger partial charge in [-0.3, -0.25) is 4.79 Å². The Morgan fingerprint density at radius 2 is 2.00 bits per heavy atom. The smallest absolute Gasteiger partial charge is 0.315 e. The van der Waals surface area contributed by atoms with Crippen LogP contribution in [-0.4, -0.2) is 60.8 Å². The standard InChI is InChI=1S/C17H25N3O4/c1-12(11-24-2)18-17(23)19-13-7-9-20(10-8-13)16(22)14-5-3-4-6-15(14)21/h3-6,12-13,21H,7-11H2,1-2H3,(H2,18,19,23). The Morgan fingerprint density at radius 1 is 1.33 bits per heavy atom. The Labute approximate surface area is 142 Å². The van der Waals surface area contributed by atoms with Gasteiger partial charge in [0.25, 0.3) is 5.91 Å². The number of carbonyl (C=O) groups is 2. The van der Waals surface area contributed by atoms with Gasteiger partial charge in [0, 0.05) is 26.2 Å². The maximum Gasteiger partial charge on any atom is 0.315 e. The number of phenols is 1. The minimum absolute atomic E-state index is 0.00532. The first-order valence-corrected chi connectivity index (χ1v) is 8.14. The van der Waals surface area contributed by atoms with Crippen LogP contribution in [0, 0.1) is 0 Å². The molecule has 1 aliphatic rings. The Morgan fingerprint density at radius 3 is 2.62 bits per heavy atom. The van der Waals surface area contributed by atoms with E-state index in [1.165, 1.54) is 6.07 Å². The topological polar surface area (TPSA) is 90.9 Å². The van der Waals surface area contributed by atoms with Gasteiger partial charge in [-0.1, -0.05) is 12.1 Å². The summed E-state index contributed by atoms with van der Waals surface area (Å²) >= 11 is 0. The number of para-hydroxylation sites is 1. The van der Waals surface area contributed by atoms with E-state index in [2.05, 4.69) is 10.6 Å². The number of ether oxygens (including phenoxy) is 1. The number of piperidine rings is 1. The van der Waals surface area contributed by atoms with Gasteiger partial charge in [0.1, 0.15) is 5.75 Å². The largest absolute Gasteiger partial charge is 0.507 e. The first-order chi connectivity index (χ1) is 11.5. The minimum Gasteiger partial charge on any atom is -0.507 e. The van der Waals surface area contributed by atoms with Crippen molar-refractivity contribution >= 4 is 11.9 Å². The molecule has 24 heavy (non-hydrogen) atoms. The predicted octanol–water partition coefficient (Wildman–Crippen LogP) is 1.33. The molecule has 1 aliphatic heterocycles. The van der Waals surface area contributed by atoms with Gasteiger partial charge in [-0.25, -0.2) is 4.79 Å². The van der Waals surface area contributed by atoms with Gasteiger partial charge in [0.15, 0.2) is 0 Å². The minimum atomic E-state index is -0.218. The Kier molecular flexibility index (Phi) is 6.43. The van der Waals surface area contributed by atoms with Crippen molar-refractivity contribution in [2.75, 3.05) is 26.8 Å². The highest BCUT2D eigenvalue weighted by Crippen LogP contribution is 2.20. The lowest BCUT2D eigenvalue weighted by atomic mass is 10.0. The quantitative estimate of drug-likeness (QED) is 0.757. The highest BCUT2D eigenvalue weighted by Gasteiger charge is 2.26. The molecule has 1 aromatic carbocycles. The van der Waals surface area contributed by atoms with Gasteiger partial charge >= 0.3 is 6.03 Å². The van der Waals surface area contributed by atoms with E-state index in [-0.39, 0.29) is 29.8 Å². The summed E-state index contributed by atoms with van der Waals surface area (Å²) in [5, 5.41) is 15.5. The van der Waals surface area contributed by atoms with Crippen molar-refractivity contribution < 1.29 is 19.4 Å². The van der Waals surface area contributed by atoms with Crippen LogP contribution in [0.4, 0.5) is 4.79 Å². The van der Waals surface area contributed by atoms with Crippen LogP contribution in [0.1, 0.15) is 30.1 Å². The van der Waals surface area contributed by atoms with E-state index >= 15 is 0 Å². The summed E-state index contributed by atoms with van der Waals surface area (Å²) in [5.74, 6) is -0.182. The van der Waals surface area contributed by atoms with Crippen LogP contribution in [0.15, 0.2) is 24.3 Å². The number of hydrogen-bond acceptors (Lipinski definition) is 4. The molecule has 0 aliphatic carbocycles. The van der Waals surface area contributed by atoms with Crippen LogP contribution >= 0.6 is 0 Å². The summed E-state index contributed by atoms with van der Waals surface area (Å²) in [7, 11) is 1.59. The van der Waals surface area contributed by atoms with Gasteiger partial charge in [0.05, 0.1) is 18.2 Å². The molecule has 1 fully saturated rings. The molecule has 0 spiro atoms. The number of hydrogen-bond donors (Lipinski definition) is 3. The lowest BCUT2D eigenvalue weighted by molar-refractivity contribution is 0.0705. The first-order valence-electron chi connectivity index (χ1n) is 8.14. The van der Waals surface area contributed by atoms with E-state index in [1.807, 2.05) is 6.92 Å². The molecular weight excluding hydrogens is 310 g/mol. The molecule has 0 bridgehead atoms. The summed E-state index contributed by atoms with van der Waals surface area (Å²) in [6.07, 6.45) is 1.37. The molecule has 1 atom stereocenters. The molecule has 1 unspecified atom stereocenters. The number of likely N-dealkylation sites (tertiary alicyclic amines) is 1. The van der Waals surface area contributed by atoms with Gasteiger partial charge in [0.2, 0.25) is 0 Å². The molecule has 1 saturated heterocycles. The fraction of sp³-hybridized carbons (Fsp3) is 0.529. The number of rotatable bonds is 5. The summed E-state index contributed by atoms with van der Waals surface area (Å²) in [6, 6.07) is 6.30. The molecule has 7 nitrogen and oxygen atoms in total. The van der Waals surface area contributed by atoms with E-state index in [4.69, 9.17) is 4.74 Å². The maximum absolute atomic E-state index is 12.4. The van der Waals surface area contributed by atoms with Gasteiger partial charge in [-0.15, -0.1) is 0 Å². The zero-order valence-electron chi connectivity index (χ0n) is 14.1. The third-order valence-corrected chi connectivity index (χ3v) is 4.05. The number of urea groups is 1. The number of nitrogens with one attached hydrogen (secondary N) is 2. The van der Waals surface area contributed by atoms with Crippen LogP contribution in [0.25, 0.3) is 0 Å². The number of carbonyl (C=O) groups excluding carboxylic acids is 2. The lowest BCUT2D eigenvalue weighted by Crippen LogP contribution is -2.51. The average Bonchev–Trinajstić information content (AvgIpc) is 2.55. The first kappa shape index (κ1) is 18.1. The third-order valence-electron chi connectivity index (χ3n) is 4.05. The fourth-order valence-electron chi connectivity index (χ4n) is 2.79. The number of methoxy groups -OCH3 is 1. The number of amides is 3. The van der Waals surface area contributed by atoms with Crippen molar-refractivity contribution in [2.45, 2.75) is 31.8 Å². The van der Waals surface area contributed by atoms with Gasteiger partial charge < -0.3 is 25.4 Å². The van der Waals surface area contributed by atoms with Crippen molar-refractivity contribution in [2.24, 2.45) is 0 Å². The molecule has 1 heterocycles. The van der Waals surface area contributed by atoms with E-state index in [0.717, 1.165) is 0 Å². The molecule has 1 aromatic rings. The Hall–Kier alpha value is -2.28. The van der Waals surface area contributed by atoms with Crippen molar-refractivity contribution in [3.05, 3.63) is 29.8 Å². The second-order valence-corrected chi connectivity index (χ2v) is 6.06. The third kappa shape index (κ3) is 4.86. The van der Waals surface area contributed by atoms with Crippen LogP contribution in [0.2, 0.25) is 0 Å². The van der Waals surface area contributed by atoms with Crippen molar-refractivity contribution in [1.29, 1.82) is 0 Å². The van der Waals surface area contributed by atoms with Gasteiger partial charge in [-0.05, 0) is 31.9 Å². The lowest BCUT2D eigenvalue weighted by Gasteiger charge is -2.32. The molecule has 7 heteroatoms. The zero-order chi connectivity index (χ0) is 17.5. The molecule has 3 amide bonds. The normalized spacial score (nSPS) is 16.5. The second kappa shape index (κ2) is 8.54. The van der Waals surface area contributed by atoms with Crippen LogP contribution < -0.4 is 10.6 Å². The molecule has 0 radical (unpaired) electrons. The van der Waals surface area contributed by atoms with E-state index in [9.17, 15) is 14.7 Å². The van der Waals surface area contributed by atoms with Crippen molar-refractivity contribution in [1.82, 2.24) is 15.5 Å². The van der Waals surface area contributed by atoms with E-state index in [1.54, 1.807) is 30.2 Å². The van der Waals surface area contributed by atoms with Crippen molar-refractivity contribution in [3.8, 4) is 5.75 Å². The summed E-state index contributed by atoms with van der Waals surface area (Å²) in [4.78, 5) is 26.0. The zero-order valence-corrected chi connectivity index (χ0v) is 14.1. The molecule has 2 rings (SSSR count). The van der Waals surface area contributed by atoms with Crippen LogP contribution in [0.3, 0.4) is 0 Å². The van der Waals surface area contributed by atoms with Crippen LogP contribution in [-0.2, 0) is 4.74 Å². The second-order valence-electron chi connectivity index (χ2n) is 6.06. The van der Waals surface area contributed by atoms with Gasteiger partial charge in [-0.2, -0.15) is 0 Å². The maximum atomic E-state index is 12.4. The Bertz CT molecular complexity index is 571. The summed E-state index contributed by atoms with van der Waals surface area (Å²) in [6.45, 7) is 3.43. The van der Waals surface area contributed by atoms with E-state index in [0.29, 0.717) is 38.1 Å². The SMILES string of the molecule is COCC(C)NC(=O)NC1CCN(C(=O)c2ccccc2O)CC1. The van der Waals surface area contributed by atoms with Crippen molar-refractivity contribution in [3.63, 3.8) is 0 Å². The monoisotopic (exact) mass is 335 g/mol. The average molecular weight is 335 g/mol. The summed E-state index contributed by atoms with van der Waals surface area (Å²) in [5.41, 5.74) is 0.315. The molecular formula is C17H25N3O4. The molecule has 3 N–H and O–H groups in total. The van der Waals surface area contributed by atoms with E-state index < -0.39 is 0 Å². The van der Waals surface area contributed by atoms with Crippen LogP contribution in [0.5, 0.6) is 5.75 Å². The molecule has 0 aromatic heterocycles. The fourth-order valence-corrected chi connectivity index (χ4v) is 2.79. The number of benzene rings is 1. The summed E-state index contributed by atoms with van der Waals surface area (Å²) < 4.78 is 4.98. The highest BCUT2D eigenvalue weighted by molar-refractivity contribution is 5.96. The number of aromatic hydroxyl groups is 1. The Balaban J connectivity index is 1.80. The predicted molar refractivity (Wildman–Crippen MR) is 90.0 cm³/mol. The molecule has 0 saturated carbocycles. The number of phenolic OH excluding ortho intramolecular Hbond substituents is 1.